The highest BCUT2D eigenvalue weighted by Crippen LogP contribution is 2.44. The molecule has 2 aliphatic rings. The fourth-order valence-electron chi connectivity index (χ4n) is 3.88. The Morgan fingerprint density at radius 3 is 2.61 bits per heavy atom. The number of halogens is 1. The molecule has 0 saturated heterocycles. The van der Waals surface area contributed by atoms with Gasteiger partial charge in [-0.15, -0.1) is 0 Å². The van der Waals surface area contributed by atoms with Gasteiger partial charge in [0.15, 0.2) is 0 Å². The van der Waals surface area contributed by atoms with Crippen molar-refractivity contribution in [3.8, 4) is 11.8 Å². The van der Waals surface area contributed by atoms with Gasteiger partial charge < -0.3 is 14.6 Å². The van der Waals surface area contributed by atoms with Crippen molar-refractivity contribution in [1.82, 2.24) is 0 Å². The first-order valence-corrected chi connectivity index (χ1v) is 12.4. The molecule has 0 heterocycles. The van der Waals surface area contributed by atoms with E-state index in [-0.39, 0.29) is 50.4 Å². The predicted octanol–water partition coefficient (Wildman–Crippen LogP) is 4.39. The van der Waals surface area contributed by atoms with Gasteiger partial charge in [0.2, 0.25) is 0 Å². The van der Waals surface area contributed by atoms with E-state index < -0.39 is 16.0 Å². The van der Waals surface area contributed by atoms with Crippen molar-refractivity contribution in [2.45, 2.75) is 42.6 Å². The molecule has 0 atom stereocenters. The molecular formula is C23H23ClN2O6S. The lowest BCUT2D eigenvalue weighted by atomic mass is 9.83. The monoisotopic (exact) mass is 490 g/mol. The summed E-state index contributed by atoms with van der Waals surface area (Å²) >= 11 is 6.16. The SMILES string of the molecule is CO[C@H]1C[C@H](COc2cc(Cl)c(C#N)cc2NS(=O)(=O)c2cc(C(=O)O)ccc2C2CC2)C1. The standard InChI is InChI=1S/C23H23ClN2O6S/c1-31-17-6-13(7-17)12-32-21-10-19(24)16(11-25)8-20(21)26-33(29,30)22-9-15(23(27)28)4-5-18(22)14-2-3-14/h4-5,8-10,13-14,17,26H,2-3,6-7,12H2,1H3,(H,27,28)/t13-,17-. The highest BCUT2D eigenvalue weighted by Gasteiger charge is 2.32. The third-order valence-corrected chi connectivity index (χ3v) is 7.74. The number of benzene rings is 2. The molecule has 0 amide bonds. The van der Waals surface area contributed by atoms with Gasteiger partial charge in [0.05, 0.1) is 39.4 Å². The van der Waals surface area contributed by atoms with Gasteiger partial charge in [-0.2, -0.15) is 5.26 Å². The summed E-state index contributed by atoms with van der Waals surface area (Å²) in [5.74, 6) is -0.679. The third kappa shape index (κ3) is 5.08. The van der Waals surface area contributed by atoms with Crippen molar-refractivity contribution in [3.05, 3.63) is 52.0 Å². The van der Waals surface area contributed by atoms with Crippen LogP contribution in [0.3, 0.4) is 0 Å². The molecule has 2 saturated carbocycles. The lowest BCUT2D eigenvalue weighted by Gasteiger charge is -2.34. The van der Waals surface area contributed by atoms with Crippen molar-refractivity contribution >= 4 is 33.3 Å². The lowest BCUT2D eigenvalue weighted by molar-refractivity contribution is -0.0140. The maximum absolute atomic E-state index is 13.4. The Bertz CT molecular complexity index is 1230. The first-order valence-electron chi connectivity index (χ1n) is 10.5. The quantitative estimate of drug-likeness (QED) is 0.533. The number of carbonyl (C=O) groups is 1. The normalized spacial score (nSPS) is 19.9. The Balaban J connectivity index is 1.65. The molecule has 0 aliphatic heterocycles. The molecule has 0 spiro atoms. The molecule has 0 unspecified atom stereocenters. The number of hydrogen-bond donors (Lipinski definition) is 2. The van der Waals surface area contributed by atoms with Gasteiger partial charge in [0.25, 0.3) is 10.0 Å². The van der Waals surface area contributed by atoms with E-state index in [1.807, 2.05) is 6.07 Å². The Kier molecular flexibility index (Phi) is 6.52. The van der Waals surface area contributed by atoms with Crippen LogP contribution in [0, 0.1) is 17.2 Å². The molecule has 33 heavy (non-hydrogen) atoms. The minimum atomic E-state index is -4.17. The molecule has 2 fully saturated rings. The first kappa shape index (κ1) is 23.4. The van der Waals surface area contributed by atoms with Crippen LogP contribution in [0.1, 0.15) is 53.1 Å². The van der Waals surface area contributed by atoms with Crippen LogP contribution >= 0.6 is 11.6 Å². The van der Waals surface area contributed by atoms with Crippen LogP contribution in [0.25, 0.3) is 0 Å². The third-order valence-electron chi connectivity index (χ3n) is 6.00. The smallest absolute Gasteiger partial charge is 0.335 e. The number of ether oxygens (including phenoxy) is 2. The largest absolute Gasteiger partial charge is 0.491 e. The summed E-state index contributed by atoms with van der Waals surface area (Å²) in [7, 11) is -2.52. The van der Waals surface area contributed by atoms with E-state index in [9.17, 15) is 23.6 Å². The van der Waals surface area contributed by atoms with Gasteiger partial charge in [-0.25, -0.2) is 13.2 Å². The molecule has 2 aromatic carbocycles. The second-order valence-electron chi connectivity index (χ2n) is 8.38. The number of nitrogens with zero attached hydrogens (tertiary/aromatic N) is 1. The number of nitriles is 1. The molecule has 174 valence electrons. The lowest BCUT2D eigenvalue weighted by Crippen LogP contribution is -2.34. The van der Waals surface area contributed by atoms with E-state index in [4.69, 9.17) is 21.1 Å². The number of carboxylic acids is 1. The molecule has 4 rings (SSSR count). The zero-order chi connectivity index (χ0) is 23.8. The Hall–Kier alpha value is -2.80. The number of nitrogens with one attached hydrogen (secondary N) is 1. The number of carboxylic acid groups (broad SMARTS) is 1. The Morgan fingerprint density at radius 2 is 2.00 bits per heavy atom. The van der Waals surface area contributed by atoms with E-state index in [2.05, 4.69) is 4.72 Å². The maximum Gasteiger partial charge on any atom is 0.335 e. The summed E-state index contributed by atoms with van der Waals surface area (Å²) in [6, 6.07) is 8.81. The van der Waals surface area contributed by atoms with E-state index in [1.165, 1.54) is 24.3 Å². The van der Waals surface area contributed by atoms with E-state index in [0.29, 0.717) is 12.2 Å². The molecule has 2 N–H and O–H groups in total. The summed E-state index contributed by atoms with van der Waals surface area (Å²) in [6.45, 7) is 0.346. The van der Waals surface area contributed by atoms with Crippen molar-refractivity contribution in [1.29, 1.82) is 5.26 Å². The van der Waals surface area contributed by atoms with E-state index in [1.54, 1.807) is 13.2 Å². The van der Waals surface area contributed by atoms with Gasteiger partial charge in [0, 0.05) is 13.2 Å². The number of methoxy groups -OCH3 is 1. The zero-order valence-corrected chi connectivity index (χ0v) is 19.4. The van der Waals surface area contributed by atoms with Crippen LogP contribution < -0.4 is 9.46 Å². The molecule has 0 aromatic heterocycles. The Morgan fingerprint density at radius 1 is 1.27 bits per heavy atom. The van der Waals surface area contributed by atoms with Crippen molar-refractivity contribution in [2.75, 3.05) is 18.4 Å². The number of sulfonamides is 1. The second-order valence-corrected chi connectivity index (χ2v) is 10.4. The number of anilines is 1. The number of hydrogen-bond acceptors (Lipinski definition) is 6. The number of rotatable bonds is 9. The minimum Gasteiger partial charge on any atom is -0.491 e. The second kappa shape index (κ2) is 9.21. The zero-order valence-electron chi connectivity index (χ0n) is 17.9. The summed E-state index contributed by atoms with van der Waals surface area (Å²) in [5.41, 5.74) is 0.611. The van der Waals surface area contributed by atoms with Gasteiger partial charge in [-0.1, -0.05) is 17.7 Å². The highest BCUT2D eigenvalue weighted by atomic mass is 35.5. The molecule has 8 nitrogen and oxygen atoms in total. The minimum absolute atomic E-state index is 0.0704. The van der Waals surface area contributed by atoms with Crippen LogP contribution in [0.5, 0.6) is 5.75 Å². The molecular weight excluding hydrogens is 468 g/mol. The molecule has 0 bridgehead atoms. The molecule has 2 aliphatic carbocycles. The van der Waals surface area contributed by atoms with Crippen LogP contribution in [0.2, 0.25) is 5.02 Å². The summed E-state index contributed by atoms with van der Waals surface area (Å²) in [5, 5.41) is 18.9. The average molecular weight is 491 g/mol. The highest BCUT2D eigenvalue weighted by molar-refractivity contribution is 7.92. The summed E-state index contributed by atoms with van der Waals surface area (Å²) < 4.78 is 40.4. The van der Waals surface area contributed by atoms with E-state index in [0.717, 1.165) is 25.7 Å². The van der Waals surface area contributed by atoms with Gasteiger partial charge in [-0.05, 0) is 61.3 Å². The van der Waals surface area contributed by atoms with E-state index >= 15 is 0 Å². The molecule has 2 aromatic rings. The summed E-state index contributed by atoms with van der Waals surface area (Å²) in [4.78, 5) is 11.4. The fraction of sp³-hybridized carbons (Fsp3) is 0.391. The average Bonchev–Trinajstić information content (AvgIpc) is 3.59. The summed E-state index contributed by atoms with van der Waals surface area (Å²) in [6.07, 6.45) is 3.56. The van der Waals surface area contributed by atoms with Crippen LogP contribution in [-0.4, -0.2) is 39.3 Å². The predicted molar refractivity (Wildman–Crippen MR) is 121 cm³/mol. The Labute approximate surface area is 197 Å². The van der Waals surface area contributed by atoms with Crippen molar-refractivity contribution < 1.29 is 27.8 Å². The van der Waals surface area contributed by atoms with Crippen LogP contribution in [-0.2, 0) is 14.8 Å². The molecule has 0 radical (unpaired) electrons. The van der Waals surface area contributed by atoms with Crippen LogP contribution in [0.4, 0.5) is 5.69 Å². The van der Waals surface area contributed by atoms with Crippen molar-refractivity contribution in [3.63, 3.8) is 0 Å². The van der Waals surface area contributed by atoms with Gasteiger partial charge in [-0.3, -0.25) is 4.72 Å². The van der Waals surface area contributed by atoms with Crippen molar-refractivity contribution in [2.24, 2.45) is 5.92 Å². The maximum atomic E-state index is 13.4. The number of aromatic carboxylic acids is 1. The molecule has 10 heteroatoms. The van der Waals surface area contributed by atoms with Gasteiger partial charge >= 0.3 is 5.97 Å². The van der Waals surface area contributed by atoms with Crippen LogP contribution in [0.15, 0.2) is 35.2 Å². The fourth-order valence-corrected chi connectivity index (χ4v) is 5.46. The van der Waals surface area contributed by atoms with Gasteiger partial charge in [0.1, 0.15) is 11.8 Å². The topological polar surface area (TPSA) is 126 Å². The first-order chi connectivity index (χ1) is 15.7.